The van der Waals surface area contributed by atoms with E-state index in [4.69, 9.17) is 16.9 Å². The van der Waals surface area contributed by atoms with Crippen LogP contribution in [0.25, 0.3) is 0 Å². The van der Waals surface area contributed by atoms with Crippen LogP contribution in [0, 0.1) is 11.3 Å². The van der Waals surface area contributed by atoms with E-state index >= 15 is 0 Å². The van der Waals surface area contributed by atoms with Crippen LogP contribution in [0.4, 0.5) is 0 Å². The molecule has 1 nitrogen and oxygen atoms in total. The quantitative estimate of drug-likeness (QED) is 0.767. The molecule has 3 heteroatoms. The van der Waals surface area contributed by atoms with Crippen molar-refractivity contribution >= 4 is 23.4 Å². The van der Waals surface area contributed by atoms with E-state index in [0.717, 1.165) is 22.8 Å². The summed E-state index contributed by atoms with van der Waals surface area (Å²) < 4.78 is 0. The molecule has 80 valence electrons. The molecule has 0 aromatic heterocycles. The lowest BCUT2D eigenvalue weighted by molar-refractivity contribution is 0.842. The minimum atomic E-state index is 0.422. The standard InChI is InChI=1S/C12H14ClNS/c1-2-11(7-8-14)15-9-10-5-3-4-6-12(10)13/h3-6,11H,2,7,9H2,1H3. The Morgan fingerprint density at radius 2 is 2.20 bits per heavy atom. The number of rotatable bonds is 5. The van der Waals surface area contributed by atoms with E-state index in [1.165, 1.54) is 0 Å². The van der Waals surface area contributed by atoms with E-state index in [9.17, 15) is 0 Å². The highest BCUT2D eigenvalue weighted by Gasteiger charge is 2.07. The zero-order valence-electron chi connectivity index (χ0n) is 8.74. The molecule has 0 fully saturated rings. The van der Waals surface area contributed by atoms with Crippen molar-refractivity contribution in [2.75, 3.05) is 0 Å². The monoisotopic (exact) mass is 239 g/mol. The van der Waals surface area contributed by atoms with Crippen molar-refractivity contribution in [3.63, 3.8) is 0 Å². The van der Waals surface area contributed by atoms with E-state index in [2.05, 4.69) is 13.0 Å². The van der Waals surface area contributed by atoms with Crippen LogP contribution in [-0.2, 0) is 5.75 Å². The zero-order valence-corrected chi connectivity index (χ0v) is 10.3. The van der Waals surface area contributed by atoms with Gasteiger partial charge in [0.1, 0.15) is 0 Å². The maximum Gasteiger partial charge on any atom is 0.0633 e. The van der Waals surface area contributed by atoms with Gasteiger partial charge in [-0.2, -0.15) is 17.0 Å². The highest BCUT2D eigenvalue weighted by Crippen LogP contribution is 2.26. The van der Waals surface area contributed by atoms with Gasteiger partial charge in [0.25, 0.3) is 0 Å². The molecule has 0 N–H and O–H groups in total. The second kappa shape index (κ2) is 6.76. The van der Waals surface area contributed by atoms with Crippen LogP contribution in [0.2, 0.25) is 5.02 Å². The van der Waals surface area contributed by atoms with Crippen molar-refractivity contribution in [2.45, 2.75) is 30.8 Å². The van der Waals surface area contributed by atoms with Crippen molar-refractivity contribution in [2.24, 2.45) is 0 Å². The largest absolute Gasteiger partial charge is 0.198 e. The summed E-state index contributed by atoms with van der Waals surface area (Å²) in [6.45, 7) is 2.11. The molecule has 0 aliphatic heterocycles. The third-order valence-electron chi connectivity index (χ3n) is 2.21. The highest BCUT2D eigenvalue weighted by molar-refractivity contribution is 7.99. The summed E-state index contributed by atoms with van der Waals surface area (Å²) in [6.07, 6.45) is 1.65. The SMILES string of the molecule is CCC(CC#N)SCc1ccccc1Cl. The summed E-state index contributed by atoms with van der Waals surface area (Å²) >= 11 is 7.86. The highest BCUT2D eigenvalue weighted by atomic mass is 35.5. The normalized spacial score (nSPS) is 12.1. The molecule has 1 atom stereocenters. The van der Waals surface area contributed by atoms with Crippen LogP contribution in [0.5, 0.6) is 0 Å². The predicted octanol–water partition coefficient (Wildman–Crippen LogP) is 4.27. The molecule has 0 aliphatic rings. The van der Waals surface area contributed by atoms with Gasteiger partial charge in [0, 0.05) is 22.4 Å². The number of hydrogen-bond acceptors (Lipinski definition) is 2. The summed E-state index contributed by atoms with van der Waals surface area (Å²) in [5.74, 6) is 0.889. The van der Waals surface area contributed by atoms with Crippen LogP contribution < -0.4 is 0 Å². The first-order valence-electron chi connectivity index (χ1n) is 5.00. The third kappa shape index (κ3) is 4.15. The first kappa shape index (κ1) is 12.4. The predicted molar refractivity (Wildman–Crippen MR) is 67.1 cm³/mol. The Balaban J connectivity index is 2.49. The maximum absolute atomic E-state index is 8.63. The van der Waals surface area contributed by atoms with Gasteiger partial charge in [-0.05, 0) is 18.1 Å². The van der Waals surface area contributed by atoms with Gasteiger partial charge >= 0.3 is 0 Å². The Kier molecular flexibility index (Phi) is 5.60. The second-order valence-corrected chi connectivity index (χ2v) is 4.99. The van der Waals surface area contributed by atoms with Gasteiger partial charge in [-0.25, -0.2) is 0 Å². The number of nitrogens with zero attached hydrogens (tertiary/aromatic N) is 1. The van der Waals surface area contributed by atoms with E-state index < -0.39 is 0 Å². The van der Waals surface area contributed by atoms with Crippen molar-refractivity contribution < 1.29 is 0 Å². The van der Waals surface area contributed by atoms with Crippen molar-refractivity contribution in [1.29, 1.82) is 5.26 Å². The Labute approximate surface area is 100 Å². The fourth-order valence-electron chi connectivity index (χ4n) is 1.25. The van der Waals surface area contributed by atoms with Crippen molar-refractivity contribution in [1.82, 2.24) is 0 Å². The molecule has 0 amide bonds. The van der Waals surface area contributed by atoms with E-state index in [-0.39, 0.29) is 0 Å². The van der Waals surface area contributed by atoms with Gasteiger partial charge in [0.05, 0.1) is 6.07 Å². The summed E-state index contributed by atoms with van der Waals surface area (Å²) in [5, 5.41) is 9.87. The van der Waals surface area contributed by atoms with Crippen molar-refractivity contribution in [3.8, 4) is 6.07 Å². The molecule has 0 heterocycles. The maximum atomic E-state index is 8.63. The van der Waals surface area contributed by atoms with E-state index in [1.54, 1.807) is 11.8 Å². The van der Waals surface area contributed by atoms with Gasteiger partial charge in [-0.1, -0.05) is 36.7 Å². The number of halogens is 1. The molecule has 0 bridgehead atoms. The number of hydrogen-bond donors (Lipinski definition) is 0. The third-order valence-corrected chi connectivity index (χ3v) is 4.02. The minimum absolute atomic E-state index is 0.422. The van der Waals surface area contributed by atoms with E-state index in [0.29, 0.717) is 11.7 Å². The van der Waals surface area contributed by atoms with Gasteiger partial charge in [-0.15, -0.1) is 0 Å². The molecule has 1 aromatic rings. The van der Waals surface area contributed by atoms with Crippen LogP contribution in [-0.4, -0.2) is 5.25 Å². The fraction of sp³-hybridized carbons (Fsp3) is 0.417. The molecule has 1 rings (SSSR count). The number of benzene rings is 1. The molecule has 15 heavy (non-hydrogen) atoms. The molecule has 0 radical (unpaired) electrons. The molecule has 1 unspecified atom stereocenters. The molecule has 0 aliphatic carbocycles. The number of thioether (sulfide) groups is 1. The summed E-state index contributed by atoms with van der Waals surface area (Å²) in [7, 11) is 0. The van der Waals surface area contributed by atoms with Gasteiger partial charge < -0.3 is 0 Å². The average Bonchev–Trinajstić information content (AvgIpc) is 2.26. The molecule has 0 spiro atoms. The Morgan fingerprint density at radius 3 is 2.80 bits per heavy atom. The lowest BCUT2D eigenvalue weighted by atomic mass is 10.2. The first-order chi connectivity index (χ1) is 7.27. The smallest absolute Gasteiger partial charge is 0.0633 e. The van der Waals surface area contributed by atoms with Crippen LogP contribution in [0.15, 0.2) is 24.3 Å². The van der Waals surface area contributed by atoms with Gasteiger partial charge in [-0.3, -0.25) is 0 Å². The van der Waals surface area contributed by atoms with Crippen molar-refractivity contribution in [3.05, 3.63) is 34.9 Å². The Morgan fingerprint density at radius 1 is 1.47 bits per heavy atom. The average molecular weight is 240 g/mol. The van der Waals surface area contributed by atoms with Crippen LogP contribution in [0.3, 0.4) is 0 Å². The van der Waals surface area contributed by atoms with Crippen LogP contribution >= 0.6 is 23.4 Å². The van der Waals surface area contributed by atoms with Gasteiger partial charge in [0.15, 0.2) is 0 Å². The second-order valence-electron chi connectivity index (χ2n) is 3.29. The first-order valence-corrected chi connectivity index (χ1v) is 6.42. The minimum Gasteiger partial charge on any atom is -0.198 e. The Hall–Kier alpha value is -0.650. The lowest BCUT2D eigenvalue weighted by Gasteiger charge is -2.11. The zero-order chi connectivity index (χ0) is 11.1. The summed E-state index contributed by atoms with van der Waals surface area (Å²) in [5.41, 5.74) is 1.15. The van der Waals surface area contributed by atoms with Gasteiger partial charge in [0.2, 0.25) is 0 Å². The lowest BCUT2D eigenvalue weighted by Crippen LogP contribution is -1.99. The molecule has 0 saturated carbocycles. The molecular formula is C12H14ClNS. The topological polar surface area (TPSA) is 23.8 Å². The van der Waals surface area contributed by atoms with E-state index in [1.807, 2.05) is 24.3 Å². The fourth-order valence-corrected chi connectivity index (χ4v) is 2.62. The van der Waals surface area contributed by atoms with Crippen LogP contribution in [0.1, 0.15) is 25.3 Å². The number of nitriles is 1. The molecule has 0 saturated heterocycles. The summed E-state index contributed by atoms with van der Waals surface area (Å²) in [4.78, 5) is 0. The molecular weight excluding hydrogens is 226 g/mol. The summed E-state index contributed by atoms with van der Waals surface area (Å²) in [6, 6.07) is 10.1. The molecule has 1 aromatic carbocycles. The Bertz CT molecular complexity index is 346.